The number of hydrogen-bond donors (Lipinski definition) is 3. The van der Waals surface area contributed by atoms with Crippen LogP contribution in [0.15, 0.2) is 79.5 Å². The summed E-state index contributed by atoms with van der Waals surface area (Å²) >= 11 is 0. The number of pyridine rings is 2. The number of nitrogens with two attached hydrogens (primary N) is 1. The standard InChI is InChI=1S/C30H29N5O4/c1-29(2,3)30(28(31)39,20-8-13-33-14-9-20)34-27(38)24(17-25(36)37)35-15-10-22-21-5-4-19(26(22)35)16-23(21)18-6-11-32-12-7-18/h4-16,24H,17H2,1-3H3,(H2,31,39)(H,34,38)(H,36,37). The number of rotatable bonds is 8. The van der Waals surface area contributed by atoms with E-state index in [2.05, 4.69) is 15.3 Å². The van der Waals surface area contributed by atoms with Crippen molar-refractivity contribution < 1.29 is 19.5 Å². The van der Waals surface area contributed by atoms with Crippen LogP contribution in [0.2, 0.25) is 0 Å². The zero-order chi connectivity index (χ0) is 27.9. The number of carboxylic acids is 1. The number of carbonyl (C=O) groups excluding carboxylic acids is 2. The third kappa shape index (κ3) is 4.25. The molecule has 0 spiro atoms. The second-order valence-corrected chi connectivity index (χ2v) is 10.7. The van der Waals surface area contributed by atoms with E-state index in [4.69, 9.17) is 5.73 Å². The summed E-state index contributed by atoms with van der Waals surface area (Å²) in [6.07, 6.45) is 7.74. The van der Waals surface area contributed by atoms with Gasteiger partial charge in [0.15, 0.2) is 0 Å². The number of hydrogen-bond acceptors (Lipinski definition) is 5. The Morgan fingerprint density at radius 2 is 1.59 bits per heavy atom. The maximum absolute atomic E-state index is 14.0. The van der Waals surface area contributed by atoms with Gasteiger partial charge in [-0.15, -0.1) is 0 Å². The predicted molar refractivity (Wildman–Crippen MR) is 148 cm³/mol. The first-order chi connectivity index (χ1) is 18.5. The van der Waals surface area contributed by atoms with E-state index in [0.29, 0.717) is 5.56 Å². The van der Waals surface area contributed by atoms with E-state index >= 15 is 0 Å². The lowest BCUT2D eigenvalue weighted by Gasteiger charge is -2.43. The molecule has 3 heterocycles. The van der Waals surface area contributed by atoms with Crippen LogP contribution in [0.25, 0.3) is 32.8 Å². The van der Waals surface area contributed by atoms with Crippen LogP contribution in [0.1, 0.15) is 38.8 Å². The first-order valence-electron chi connectivity index (χ1n) is 12.5. The summed E-state index contributed by atoms with van der Waals surface area (Å²) < 4.78 is 1.68. The molecule has 6 aromatic rings. The van der Waals surface area contributed by atoms with Crippen molar-refractivity contribution in [3.8, 4) is 11.1 Å². The van der Waals surface area contributed by atoms with Crippen molar-refractivity contribution in [3.05, 3.63) is 85.1 Å². The van der Waals surface area contributed by atoms with Gasteiger partial charge in [0, 0.05) is 36.4 Å². The van der Waals surface area contributed by atoms with Gasteiger partial charge >= 0.3 is 5.97 Å². The molecular weight excluding hydrogens is 494 g/mol. The van der Waals surface area contributed by atoms with Crippen molar-refractivity contribution in [3.63, 3.8) is 0 Å². The summed E-state index contributed by atoms with van der Waals surface area (Å²) in [6, 6.07) is 13.9. The zero-order valence-electron chi connectivity index (χ0n) is 21.9. The summed E-state index contributed by atoms with van der Waals surface area (Å²) in [7, 11) is 0. The van der Waals surface area contributed by atoms with Crippen LogP contribution < -0.4 is 11.1 Å². The molecule has 2 atom stereocenters. The Morgan fingerprint density at radius 3 is 2.18 bits per heavy atom. The smallest absolute Gasteiger partial charge is 0.306 e. The van der Waals surface area contributed by atoms with E-state index in [-0.39, 0.29) is 0 Å². The van der Waals surface area contributed by atoms with Crippen molar-refractivity contribution >= 4 is 39.5 Å². The number of primary amides is 1. The molecule has 39 heavy (non-hydrogen) atoms. The molecule has 2 bridgehead atoms. The van der Waals surface area contributed by atoms with Crippen LogP contribution >= 0.6 is 0 Å². The van der Waals surface area contributed by atoms with Crippen molar-refractivity contribution in [1.82, 2.24) is 19.9 Å². The molecule has 0 aliphatic heterocycles. The molecule has 198 valence electrons. The fourth-order valence-electron chi connectivity index (χ4n) is 5.54. The van der Waals surface area contributed by atoms with Gasteiger partial charge in [0.25, 0.3) is 0 Å². The van der Waals surface area contributed by atoms with Crippen LogP contribution in [-0.4, -0.2) is 37.4 Å². The highest BCUT2D eigenvalue weighted by Gasteiger charge is 2.51. The Kier molecular flexibility index (Phi) is 6.30. The highest BCUT2D eigenvalue weighted by atomic mass is 16.4. The van der Waals surface area contributed by atoms with Crippen LogP contribution in [0, 0.1) is 5.41 Å². The molecule has 3 aromatic heterocycles. The molecule has 9 nitrogen and oxygen atoms in total. The van der Waals surface area contributed by atoms with Gasteiger partial charge in [0.05, 0.1) is 11.9 Å². The third-order valence-corrected chi connectivity index (χ3v) is 7.41. The summed E-state index contributed by atoms with van der Waals surface area (Å²) in [4.78, 5) is 47.2. The average Bonchev–Trinajstić information content (AvgIpc) is 3.37. The Bertz CT molecular complexity index is 1670. The minimum Gasteiger partial charge on any atom is -0.481 e. The summed E-state index contributed by atoms with van der Waals surface area (Å²) in [5.74, 6) is -2.53. The maximum Gasteiger partial charge on any atom is 0.306 e. The van der Waals surface area contributed by atoms with Crippen LogP contribution in [0.5, 0.6) is 0 Å². The normalized spacial score (nSPS) is 14.2. The van der Waals surface area contributed by atoms with Gasteiger partial charge in [-0.1, -0.05) is 32.9 Å². The number of fused-ring (bicyclic) bond motifs is 2. The molecule has 4 N–H and O–H groups in total. The molecule has 0 aliphatic rings. The van der Waals surface area contributed by atoms with E-state index in [9.17, 15) is 19.5 Å². The second kappa shape index (κ2) is 9.50. The predicted octanol–water partition coefficient (Wildman–Crippen LogP) is 4.25. The molecule has 9 heteroatoms. The highest BCUT2D eigenvalue weighted by molar-refractivity contribution is 6.15. The molecule has 0 saturated heterocycles. The van der Waals surface area contributed by atoms with E-state index in [1.807, 2.05) is 36.4 Å². The topological polar surface area (TPSA) is 140 Å². The van der Waals surface area contributed by atoms with Gasteiger partial charge in [-0.3, -0.25) is 24.4 Å². The molecule has 0 saturated carbocycles. The van der Waals surface area contributed by atoms with E-state index < -0.39 is 41.2 Å². The minimum atomic E-state index is -1.62. The molecule has 2 unspecified atom stereocenters. The van der Waals surface area contributed by atoms with Crippen molar-refractivity contribution in [2.24, 2.45) is 11.1 Å². The quantitative estimate of drug-likeness (QED) is 0.278. The largest absolute Gasteiger partial charge is 0.481 e. The van der Waals surface area contributed by atoms with Gasteiger partial charge in [-0.2, -0.15) is 0 Å². The summed E-state index contributed by atoms with van der Waals surface area (Å²) in [5, 5.41) is 15.4. The Balaban J connectivity index is 1.63. The lowest BCUT2D eigenvalue weighted by Crippen LogP contribution is -2.63. The van der Waals surface area contributed by atoms with Crippen LogP contribution in [-0.2, 0) is 19.9 Å². The fourth-order valence-corrected chi connectivity index (χ4v) is 5.54. The lowest BCUT2D eigenvalue weighted by molar-refractivity contribution is -0.143. The fraction of sp³-hybridized carbons (Fsp3) is 0.233. The maximum atomic E-state index is 14.0. The van der Waals surface area contributed by atoms with Gasteiger partial charge in [-0.25, -0.2) is 0 Å². The van der Waals surface area contributed by atoms with E-state index in [0.717, 1.165) is 32.8 Å². The number of aromatic nitrogens is 3. The molecule has 0 aliphatic carbocycles. The van der Waals surface area contributed by atoms with E-state index in [1.54, 1.807) is 56.1 Å². The monoisotopic (exact) mass is 523 g/mol. The van der Waals surface area contributed by atoms with Crippen molar-refractivity contribution in [1.29, 1.82) is 0 Å². The van der Waals surface area contributed by atoms with Crippen LogP contribution in [0.4, 0.5) is 0 Å². The number of amides is 2. The van der Waals surface area contributed by atoms with Gasteiger partial charge in [0.1, 0.15) is 11.6 Å². The molecular formula is C30H29N5O4. The molecule has 0 fully saturated rings. The van der Waals surface area contributed by atoms with E-state index in [1.165, 1.54) is 12.4 Å². The zero-order valence-corrected chi connectivity index (χ0v) is 21.9. The van der Waals surface area contributed by atoms with Gasteiger partial charge < -0.3 is 20.7 Å². The number of carbonyl (C=O) groups is 3. The molecule has 2 amide bonds. The number of carboxylic acid groups (broad SMARTS) is 1. The minimum absolute atomic E-state index is 0.464. The average molecular weight is 524 g/mol. The SMILES string of the molecule is CC(C)(C)C(NC(=O)C(CC(=O)O)n1ccc2c3ccc(cc3-c3ccncc3)c21)(C(N)=O)c1ccncc1. The van der Waals surface area contributed by atoms with Crippen LogP contribution in [0.3, 0.4) is 0 Å². The second-order valence-electron chi connectivity index (χ2n) is 10.7. The molecule has 3 aromatic carbocycles. The first kappa shape index (κ1) is 25.8. The molecule has 0 radical (unpaired) electrons. The van der Waals surface area contributed by atoms with Crippen molar-refractivity contribution in [2.45, 2.75) is 38.8 Å². The Hall–Kier alpha value is -4.79. The summed E-state index contributed by atoms with van der Waals surface area (Å²) in [6.45, 7) is 5.39. The molecule has 6 rings (SSSR count). The number of nitrogens with zero attached hydrogens (tertiary/aromatic N) is 3. The Labute approximate surface area is 225 Å². The van der Waals surface area contributed by atoms with Gasteiger partial charge in [-0.05, 0) is 69.3 Å². The van der Waals surface area contributed by atoms with Crippen molar-refractivity contribution in [2.75, 3.05) is 0 Å². The van der Waals surface area contributed by atoms with Gasteiger partial charge in [0.2, 0.25) is 11.8 Å². The lowest BCUT2D eigenvalue weighted by atomic mass is 9.68. The Morgan fingerprint density at radius 1 is 0.949 bits per heavy atom. The highest BCUT2D eigenvalue weighted by Crippen LogP contribution is 2.41. The third-order valence-electron chi connectivity index (χ3n) is 7.41. The first-order valence-corrected chi connectivity index (χ1v) is 12.5. The summed E-state index contributed by atoms with van der Waals surface area (Å²) in [5.41, 5.74) is 6.74. The number of aliphatic carboxylic acids is 1. The number of benzene rings is 3. The number of nitrogens with one attached hydrogen (secondary N) is 1.